The number of aliphatic carboxylic acids is 1. The maximum atomic E-state index is 12.0. The van der Waals surface area contributed by atoms with Crippen molar-refractivity contribution in [3.8, 4) is 11.5 Å². The average molecular weight is 276 g/mol. The molecule has 1 N–H and O–H groups in total. The van der Waals surface area contributed by atoms with E-state index in [9.17, 15) is 9.90 Å². The highest BCUT2D eigenvalue weighted by atomic mass is 16.7. The van der Waals surface area contributed by atoms with Crippen LogP contribution in [0.1, 0.15) is 48.8 Å². The normalized spacial score (nSPS) is 19.9. The minimum atomic E-state index is -0.813. The molecule has 0 spiro atoms. The minimum absolute atomic E-state index is 0.181. The SMILES string of the molecule is Cc1cc2c(c(C3(C(=O)O)CCCCC3)c1C)OCO2. The number of benzene rings is 1. The summed E-state index contributed by atoms with van der Waals surface area (Å²) in [6, 6.07) is 1.94. The lowest BCUT2D eigenvalue weighted by Gasteiger charge is -2.35. The lowest BCUT2D eigenvalue weighted by Crippen LogP contribution is -2.38. The van der Waals surface area contributed by atoms with Gasteiger partial charge in [0.25, 0.3) is 0 Å². The van der Waals surface area contributed by atoms with Gasteiger partial charge in [-0.3, -0.25) is 4.79 Å². The number of hydrogen-bond acceptors (Lipinski definition) is 3. The Morgan fingerprint density at radius 1 is 1.20 bits per heavy atom. The molecule has 0 bridgehead atoms. The van der Waals surface area contributed by atoms with E-state index in [1.165, 1.54) is 0 Å². The van der Waals surface area contributed by atoms with Crippen molar-refractivity contribution in [3.63, 3.8) is 0 Å². The largest absolute Gasteiger partial charge is 0.481 e. The fraction of sp³-hybridized carbons (Fsp3) is 0.562. The van der Waals surface area contributed by atoms with Gasteiger partial charge in [-0.2, -0.15) is 0 Å². The number of carbonyl (C=O) groups is 1. The van der Waals surface area contributed by atoms with E-state index >= 15 is 0 Å². The summed E-state index contributed by atoms with van der Waals surface area (Å²) in [4.78, 5) is 12.0. The molecule has 2 aliphatic rings. The molecule has 1 heterocycles. The Morgan fingerprint density at radius 2 is 1.90 bits per heavy atom. The average Bonchev–Trinajstić information content (AvgIpc) is 2.88. The van der Waals surface area contributed by atoms with Gasteiger partial charge in [0.2, 0.25) is 6.79 Å². The van der Waals surface area contributed by atoms with Crippen molar-refractivity contribution < 1.29 is 19.4 Å². The Hall–Kier alpha value is -1.71. The monoisotopic (exact) mass is 276 g/mol. The van der Waals surface area contributed by atoms with E-state index in [2.05, 4.69) is 0 Å². The number of carboxylic acids is 1. The van der Waals surface area contributed by atoms with Gasteiger partial charge in [0.15, 0.2) is 11.5 Å². The van der Waals surface area contributed by atoms with Crippen molar-refractivity contribution in [1.82, 2.24) is 0 Å². The first-order valence-electron chi connectivity index (χ1n) is 7.20. The van der Waals surface area contributed by atoms with Gasteiger partial charge in [0.1, 0.15) is 0 Å². The fourth-order valence-corrected chi connectivity index (χ4v) is 3.57. The second kappa shape index (κ2) is 4.69. The molecule has 0 atom stereocenters. The molecule has 3 rings (SSSR count). The molecule has 1 saturated carbocycles. The van der Waals surface area contributed by atoms with Crippen molar-refractivity contribution in [1.29, 1.82) is 0 Å². The van der Waals surface area contributed by atoms with Crippen LogP contribution in [-0.4, -0.2) is 17.9 Å². The van der Waals surface area contributed by atoms with Gasteiger partial charge < -0.3 is 14.6 Å². The molecule has 20 heavy (non-hydrogen) atoms. The number of carboxylic acid groups (broad SMARTS) is 1. The van der Waals surface area contributed by atoms with E-state index in [-0.39, 0.29) is 6.79 Å². The van der Waals surface area contributed by atoms with Crippen molar-refractivity contribution in [2.24, 2.45) is 0 Å². The van der Waals surface area contributed by atoms with Crippen LogP contribution in [0.4, 0.5) is 0 Å². The molecule has 1 aromatic rings. The summed E-state index contributed by atoms with van der Waals surface area (Å²) in [5.41, 5.74) is 2.12. The van der Waals surface area contributed by atoms with Crippen molar-refractivity contribution in [3.05, 3.63) is 22.8 Å². The first kappa shape index (κ1) is 13.3. The maximum Gasteiger partial charge on any atom is 0.314 e. The van der Waals surface area contributed by atoms with Crippen LogP contribution in [0, 0.1) is 13.8 Å². The first-order chi connectivity index (χ1) is 9.56. The van der Waals surface area contributed by atoms with Gasteiger partial charge >= 0.3 is 5.97 Å². The summed E-state index contributed by atoms with van der Waals surface area (Å²) in [7, 11) is 0. The molecule has 4 heteroatoms. The molecule has 0 amide bonds. The van der Waals surface area contributed by atoms with Crippen molar-refractivity contribution in [2.45, 2.75) is 51.4 Å². The van der Waals surface area contributed by atoms with Crippen LogP contribution < -0.4 is 9.47 Å². The molecule has 0 saturated heterocycles. The third-order valence-corrected chi connectivity index (χ3v) is 4.78. The standard InChI is InChI=1S/C16H20O4/c1-10-8-12-14(20-9-19-12)13(11(10)2)16(15(17)18)6-4-3-5-7-16/h8H,3-7,9H2,1-2H3,(H,17,18). The summed E-state index contributed by atoms with van der Waals surface area (Å²) in [6.45, 7) is 4.17. The number of rotatable bonds is 2. The lowest BCUT2D eigenvalue weighted by atomic mass is 9.67. The lowest BCUT2D eigenvalue weighted by molar-refractivity contribution is -0.145. The van der Waals surface area contributed by atoms with Crippen LogP contribution in [0.15, 0.2) is 6.07 Å². The summed E-state index contributed by atoms with van der Waals surface area (Å²) in [5, 5.41) is 9.89. The van der Waals surface area contributed by atoms with Crippen LogP contribution in [-0.2, 0) is 10.2 Å². The van der Waals surface area contributed by atoms with Crippen molar-refractivity contribution >= 4 is 5.97 Å². The highest BCUT2D eigenvalue weighted by molar-refractivity contribution is 5.84. The van der Waals surface area contributed by atoms with E-state index in [1.54, 1.807) is 0 Å². The Bertz CT molecular complexity index is 556. The fourth-order valence-electron chi connectivity index (χ4n) is 3.57. The zero-order valence-corrected chi connectivity index (χ0v) is 12.0. The quantitative estimate of drug-likeness (QED) is 0.900. The maximum absolute atomic E-state index is 12.0. The molecular weight excluding hydrogens is 256 g/mol. The second-order valence-corrected chi connectivity index (χ2v) is 5.88. The van der Waals surface area contributed by atoms with Crippen LogP contribution in [0.3, 0.4) is 0 Å². The van der Waals surface area contributed by atoms with Gasteiger partial charge in [-0.25, -0.2) is 0 Å². The first-order valence-corrected chi connectivity index (χ1v) is 7.20. The number of fused-ring (bicyclic) bond motifs is 1. The zero-order chi connectivity index (χ0) is 14.3. The van der Waals surface area contributed by atoms with E-state index in [4.69, 9.17) is 9.47 Å². The molecule has 108 valence electrons. The molecule has 1 fully saturated rings. The molecular formula is C16H20O4. The molecule has 0 aromatic heterocycles. The van der Waals surface area contributed by atoms with Gasteiger partial charge in [0.05, 0.1) is 5.41 Å². The van der Waals surface area contributed by atoms with Crippen LogP contribution >= 0.6 is 0 Å². The summed E-state index contributed by atoms with van der Waals surface area (Å²) < 4.78 is 11.1. The Labute approximate surface area is 118 Å². The molecule has 1 aromatic carbocycles. The van der Waals surface area contributed by atoms with Crippen LogP contribution in [0.25, 0.3) is 0 Å². The Kier molecular flexibility index (Phi) is 3.11. The topological polar surface area (TPSA) is 55.8 Å². The van der Waals surface area contributed by atoms with Gasteiger partial charge in [-0.1, -0.05) is 19.3 Å². The predicted octanol–water partition coefficient (Wildman–Crippen LogP) is 3.32. The van der Waals surface area contributed by atoms with Gasteiger partial charge in [-0.15, -0.1) is 0 Å². The number of aryl methyl sites for hydroxylation is 1. The van der Waals surface area contributed by atoms with E-state index in [0.29, 0.717) is 24.3 Å². The highest BCUT2D eigenvalue weighted by Crippen LogP contribution is 2.50. The summed E-state index contributed by atoms with van der Waals surface area (Å²) in [6.07, 6.45) is 4.38. The molecule has 1 aliphatic carbocycles. The Morgan fingerprint density at radius 3 is 2.55 bits per heavy atom. The number of hydrogen-bond donors (Lipinski definition) is 1. The van der Waals surface area contributed by atoms with E-state index in [1.807, 2.05) is 19.9 Å². The smallest absolute Gasteiger partial charge is 0.314 e. The molecule has 1 aliphatic heterocycles. The van der Waals surface area contributed by atoms with E-state index in [0.717, 1.165) is 36.0 Å². The van der Waals surface area contributed by atoms with Crippen molar-refractivity contribution in [2.75, 3.05) is 6.79 Å². The molecule has 0 unspecified atom stereocenters. The summed E-state index contributed by atoms with van der Waals surface area (Å²) in [5.74, 6) is 0.607. The van der Waals surface area contributed by atoms with Gasteiger partial charge in [-0.05, 0) is 43.9 Å². The highest BCUT2D eigenvalue weighted by Gasteiger charge is 2.46. The molecule has 4 nitrogen and oxygen atoms in total. The zero-order valence-electron chi connectivity index (χ0n) is 12.0. The van der Waals surface area contributed by atoms with Crippen LogP contribution in [0.2, 0.25) is 0 Å². The third kappa shape index (κ3) is 1.78. The van der Waals surface area contributed by atoms with Gasteiger partial charge in [0, 0.05) is 5.56 Å². The Balaban J connectivity index is 2.24. The summed E-state index contributed by atoms with van der Waals surface area (Å²) >= 11 is 0. The van der Waals surface area contributed by atoms with Crippen LogP contribution in [0.5, 0.6) is 11.5 Å². The minimum Gasteiger partial charge on any atom is -0.481 e. The predicted molar refractivity (Wildman–Crippen MR) is 74.4 cm³/mol. The molecule has 0 radical (unpaired) electrons. The van der Waals surface area contributed by atoms with E-state index < -0.39 is 11.4 Å². The second-order valence-electron chi connectivity index (χ2n) is 5.88. The number of ether oxygens (including phenoxy) is 2. The third-order valence-electron chi connectivity index (χ3n) is 4.78.